The van der Waals surface area contributed by atoms with Crippen LogP contribution in [0.4, 0.5) is 51.2 Å². The molecule has 0 saturated carbocycles. The second-order valence-electron chi connectivity index (χ2n) is 19.9. The minimum absolute atomic E-state index is 0.138. The Kier molecular flexibility index (Phi) is 8.08. The Bertz CT molecular complexity index is 4500. The van der Waals surface area contributed by atoms with Gasteiger partial charge in [-0.1, -0.05) is 152 Å². The van der Waals surface area contributed by atoms with Gasteiger partial charge in [0.25, 0.3) is 13.4 Å². The fourth-order valence-corrected chi connectivity index (χ4v) is 13.3. The second-order valence-corrected chi connectivity index (χ2v) is 19.9. The highest BCUT2D eigenvalue weighted by atomic mass is 16.5. The molecule has 13 aromatic rings. The lowest BCUT2D eigenvalue weighted by atomic mass is 9.30. The average molecular weight is 943 g/mol. The Morgan fingerprint density at radius 2 is 0.838 bits per heavy atom. The predicted octanol–water partition coefficient (Wildman–Crippen LogP) is 13.2. The summed E-state index contributed by atoms with van der Waals surface area (Å²) < 4.78 is 17.0. The third-order valence-electron chi connectivity index (χ3n) is 16.1. The molecule has 0 N–H and O–H groups in total. The predicted molar refractivity (Wildman–Crippen MR) is 308 cm³/mol. The van der Waals surface area contributed by atoms with Crippen molar-refractivity contribution in [2.45, 2.75) is 0 Å². The highest BCUT2D eigenvalue weighted by molar-refractivity contribution is 7.03. The number of hydrogen-bond donors (Lipinski definition) is 0. The molecule has 0 aliphatic carbocycles. The highest BCUT2D eigenvalue weighted by Gasteiger charge is 2.49. The van der Waals surface area contributed by atoms with Gasteiger partial charge in [-0.3, -0.25) is 0 Å². The van der Waals surface area contributed by atoms with E-state index in [1.807, 2.05) is 0 Å². The van der Waals surface area contributed by atoms with Crippen molar-refractivity contribution in [3.05, 3.63) is 243 Å². The van der Waals surface area contributed by atoms with Crippen LogP contribution < -0.4 is 52.2 Å². The number of rotatable bonds is 4. The van der Waals surface area contributed by atoms with Crippen LogP contribution in [0.3, 0.4) is 0 Å². The van der Waals surface area contributed by atoms with Crippen LogP contribution in [0.15, 0.2) is 247 Å². The molecule has 342 valence electrons. The van der Waals surface area contributed by atoms with Crippen LogP contribution in [-0.2, 0) is 0 Å². The van der Waals surface area contributed by atoms with E-state index in [9.17, 15) is 0 Å². The van der Waals surface area contributed by atoms with Crippen molar-refractivity contribution >= 4 is 141 Å². The van der Waals surface area contributed by atoms with E-state index >= 15 is 0 Å². The molecule has 0 bridgehead atoms. The van der Waals surface area contributed by atoms with Crippen molar-refractivity contribution in [2.75, 3.05) is 14.7 Å². The van der Waals surface area contributed by atoms with E-state index in [4.69, 9.17) is 9.15 Å². The number of furan rings is 1. The van der Waals surface area contributed by atoms with Gasteiger partial charge in [-0.25, -0.2) is 0 Å². The monoisotopic (exact) mass is 942 g/mol. The molecular formula is C66H40B2N4O2. The first-order valence-electron chi connectivity index (χ1n) is 25.5. The number of para-hydroxylation sites is 8. The van der Waals surface area contributed by atoms with Crippen molar-refractivity contribution in [2.24, 2.45) is 0 Å². The van der Waals surface area contributed by atoms with Gasteiger partial charge in [-0.05, 0) is 106 Å². The van der Waals surface area contributed by atoms with Crippen molar-refractivity contribution < 1.29 is 9.15 Å². The molecule has 0 radical (unpaired) electrons. The Morgan fingerprint density at radius 3 is 1.53 bits per heavy atom. The Morgan fingerprint density at radius 1 is 0.311 bits per heavy atom. The zero-order valence-corrected chi connectivity index (χ0v) is 39.9. The van der Waals surface area contributed by atoms with Gasteiger partial charge in [0.2, 0.25) is 0 Å². The van der Waals surface area contributed by atoms with Crippen LogP contribution in [0.1, 0.15) is 0 Å². The largest absolute Gasteiger partial charge is 0.458 e. The normalized spacial score (nSPS) is 13.6. The van der Waals surface area contributed by atoms with Crippen LogP contribution in [0.2, 0.25) is 0 Å². The molecule has 2 aromatic heterocycles. The van der Waals surface area contributed by atoms with Gasteiger partial charge in [0, 0.05) is 79.9 Å². The van der Waals surface area contributed by atoms with Crippen LogP contribution in [0.5, 0.6) is 11.5 Å². The molecule has 6 nitrogen and oxygen atoms in total. The second kappa shape index (κ2) is 14.9. The number of fused-ring (bicyclic) bond motifs is 16. The highest BCUT2D eigenvalue weighted by Crippen LogP contribution is 2.52. The molecule has 0 amide bonds. The zero-order chi connectivity index (χ0) is 48.2. The molecule has 4 aliphatic rings. The molecule has 0 spiro atoms. The van der Waals surface area contributed by atoms with Crippen LogP contribution in [0, 0.1) is 0 Å². The molecule has 11 aromatic carbocycles. The molecule has 74 heavy (non-hydrogen) atoms. The Labute approximate surface area is 427 Å². The van der Waals surface area contributed by atoms with Crippen molar-refractivity contribution in [1.82, 2.24) is 4.57 Å². The van der Waals surface area contributed by atoms with Gasteiger partial charge >= 0.3 is 0 Å². The van der Waals surface area contributed by atoms with Gasteiger partial charge < -0.3 is 28.4 Å². The minimum atomic E-state index is -0.153. The number of anilines is 9. The fourth-order valence-electron chi connectivity index (χ4n) is 13.3. The summed E-state index contributed by atoms with van der Waals surface area (Å²) in [5, 5.41) is 4.58. The first kappa shape index (κ1) is 40.0. The van der Waals surface area contributed by atoms with E-state index in [-0.39, 0.29) is 13.4 Å². The standard InChI is InChI=1S/C66H40B2N4O2/c1-5-21-41(22-6-1)69-51-33-17-13-29-45(51)61-55(69)39-60-64-65(61)71(43-25-9-3-10-26-43)53-35-19-16-32-48(53)68(64)50-37-49-54(38-58(50)74-60)72(44-27-11-4-12-28-44)66-62-46-30-14-20-36-57(46)73-59(62)40-56-63(66)67(49)47-31-15-18-34-52(47)70(56)42-23-7-2-8-24-42/h1-40H. The molecular weight excluding hydrogens is 902 g/mol. The topological polar surface area (TPSA) is 37.0 Å². The summed E-state index contributed by atoms with van der Waals surface area (Å²) in [4.78, 5) is 7.44. The molecule has 8 heteroatoms. The summed E-state index contributed by atoms with van der Waals surface area (Å²) in [5.41, 5.74) is 22.4. The van der Waals surface area contributed by atoms with E-state index in [1.165, 1.54) is 38.1 Å². The smallest absolute Gasteiger partial charge is 0.256 e. The summed E-state index contributed by atoms with van der Waals surface area (Å²) in [6, 6.07) is 88.2. The summed E-state index contributed by atoms with van der Waals surface area (Å²) in [6.07, 6.45) is 0. The third-order valence-corrected chi connectivity index (χ3v) is 16.1. The van der Waals surface area contributed by atoms with E-state index in [0.29, 0.717) is 0 Å². The lowest BCUT2D eigenvalue weighted by Gasteiger charge is -2.45. The number of benzene rings is 11. The van der Waals surface area contributed by atoms with Crippen LogP contribution in [-0.4, -0.2) is 18.0 Å². The van der Waals surface area contributed by atoms with E-state index in [2.05, 4.69) is 262 Å². The Balaban J connectivity index is 1.01. The van der Waals surface area contributed by atoms with Crippen LogP contribution in [0.25, 0.3) is 49.4 Å². The first-order valence-corrected chi connectivity index (χ1v) is 25.5. The molecule has 17 rings (SSSR count). The van der Waals surface area contributed by atoms with E-state index in [0.717, 1.165) is 107 Å². The molecule has 0 unspecified atom stereocenters. The summed E-state index contributed by atoms with van der Waals surface area (Å²) in [6.45, 7) is -0.291. The van der Waals surface area contributed by atoms with Crippen molar-refractivity contribution in [3.8, 4) is 17.2 Å². The molecule has 0 saturated heterocycles. The lowest BCUT2D eigenvalue weighted by Crippen LogP contribution is -2.64. The van der Waals surface area contributed by atoms with Gasteiger partial charge in [0.1, 0.15) is 22.7 Å². The fraction of sp³-hybridized carbons (Fsp3) is 0. The maximum absolute atomic E-state index is 7.66. The molecule has 0 fully saturated rings. The van der Waals surface area contributed by atoms with Crippen molar-refractivity contribution in [3.63, 3.8) is 0 Å². The zero-order valence-electron chi connectivity index (χ0n) is 39.9. The van der Waals surface area contributed by atoms with Crippen LogP contribution >= 0.6 is 0 Å². The Hall–Kier alpha value is -9.65. The summed E-state index contributed by atoms with van der Waals surface area (Å²) >= 11 is 0. The summed E-state index contributed by atoms with van der Waals surface area (Å²) in [7, 11) is 0. The third kappa shape index (κ3) is 5.30. The quantitative estimate of drug-likeness (QED) is 0.164. The van der Waals surface area contributed by atoms with E-state index < -0.39 is 0 Å². The van der Waals surface area contributed by atoms with Crippen molar-refractivity contribution in [1.29, 1.82) is 0 Å². The summed E-state index contributed by atoms with van der Waals surface area (Å²) in [5.74, 6) is 1.70. The number of nitrogens with zero attached hydrogens (tertiary/aromatic N) is 4. The van der Waals surface area contributed by atoms with Gasteiger partial charge in [0.05, 0.1) is 27.8 Å². The lowest BCUT2D eigenvalue weighted by molar-refractivity contribution is 0.488. The van der Waals surface area contributed by atoms with Gasteiger partial charge in [0.15, 0.2) is 0 Å². The maximum Gasteiger partial charge on any atom is 0.256 e. The minimum Gasteiger partial charge on any atom is -0.458 e. The molecule has 6 heterocycles. The molecule has 4 aliphatic heterocycles. The number of hydrogen-bond acceptors (Lipinski definition) is 5. The number of aromatic nitrogens is 1. The van der Waals surface area contributed by atoms with Gasteiger partial charge in [-0.2, -0.15) is 0 Å². The number of ether oxygens (including phenoxy) is 1. The average Bonchev–Trinajstić information content (AvgIpc) is 4.03. The first-order chi connectivity index (χ1) is 36.8. The molecule has 0 atom stereocenters. The maximum atomic E-state index is 7.66. The van der Waals surface area contributed by atoms with E-state index in [1.54, 1.807) is 0 Å². The van der Waals surface area contributed by atoms with Gasteiger partial charge in [-0.15, -0.1) is 0 Å². The SMILES string of the molecule is c1ccc(N2c3ccccc3B3c4cc5c(cc4N(c4ccccc4)c4c3c2cc2oc3ccccc3c42)Oc2cc3c(c4c2B5c2ccccc2N4c2ccccc2)c2ccccc2n3-c2ccccc2)cc1.